The van der Waals surface area contributed by atoms with Gasteiger partial charge in [0, 0.05) is 24.5 Å². The van der Waals surface area contributed by atoms with Gasteiger partial charge in [0.2, 0.25) is 5.91 Å². The van der Waals surface area contributed by atoms with Crippen LogP contribution in [0.3, 0.4) is 0 Å². The first-order chi connectivity index (χ1) is 11.1. The summed E-state index contributed by atoms with van der Waals surface area (Å²) in [4.78, 5) is 19.8. The summed E-state index contributed by atoms with van der Waals surface area (Å²) in [6.45, 7) is 0. The fraction of sp³-hybridized carbons (Fsp3) is 0.556. The Balaban J connectivity index is 1.52. The second-order valence-electron chi connectivity index (χ2n) is 6.48. The molecule has 1 aromatic rings. The zero-order chi connectivity index (χ0) is 16.2. The van der Waals surface area contributed by atoms with E-state index in [1.165, 1.54) is 19.3 Å². The van der Waals surface area contributed by atoms with Crippen LogP contribution in [0.2, 0.25) is 5.02 Å². The average molecular weight is 335 g/mol. The van der Waals surface area contributed by atoms with Gasteiger partial charge in [-0.25, -0.2) is 0 Å². The Morgan fingerprint density at radius 2 is 1.96 bits per heavy atom. The normalized spacial score (nSPS) is 21.7. The number of halogens is 1. The number of oxime groups is 1. The Morgan fingerprint density at radius 3 is 2.65 bits per heavy atom. The van der Waals surface area contributed by atoms with Crippen LogP contribution in [0.1, 0.15) is 50.5 Å². The van der Waals surface area contributed by atoms with E-state index in [-0.39, 0.29) is 12.0 Å². The standard InChI is InChI=1S/C18H23ClN2O2/c1-21(15-5-3-2-4-6-15)18(22)12-16-11-17(20-23-16)13-7-9-14(19)10-8-13/h7-10,15-16H,2-6,11-12H2,1H3. The number of hydrogen-bond acceptors (Lipinski definition) is 3. The predicted molar refractivity (Wildman–Crippen MR) is 91.7 cm³/mol. The lowest BCUT2D eigenvalue weighted by Crippen LogP contribution is -2.39. The van der Waals surface area contributed by atoms with Gasteiger partial charge >= 0.3 is 0 Å². The third-order valence-electron chi connectivity index (χ3n) is 4.83. The maximum absolute atomic E-state index is 12.5. The van der Waals surface area contributed by atoms with Crippen molar-refractivity contribution in [3.05, 3.63) is 34.9 Å². The predicted octanol–water partition coefficient (Wildman–Crippen LogP) is 4.01. The van der Waals surface area contributed by atoms with Crippen LogP contribution in [-0.2, 0) is 9.63 Å². The van der Waals surface area contributed by atoms with Crippen molar-refractivity contribution in [2.24, 2.45) is 5.16 Å². The van der Waals surface area contributed by atoms with Crippen molar-refractivity contribution in [1.29, 1.82) is 0 Å². The van der Waals surface area contributed by atoms with Gasteiger partial charge in [0.15, 0.2) is 0 Å². The van der Waals surface area contributed by atoms with Crippen molar-refractivity contribution in [2.45, 2.75) is 57.1 Å². The van der Waals surface area contributed by atoms with E-state index in [4.69, 9.17) is 16.4 Å². The Labute approximate surface area is 142 Å². The van der Waals surface area contributed by atoms with Crippen LogP contribution in [0, 0.1) is 0 Å². The van der Waals surface area contributed by atoms with Crippen molar-refractivity contribution in [3.8, 4) is 0 Å². The van der Waals surface area contributed by atoms with Gasteiger partial charge < -0.3 is 9.74 Å². The molecule has 1 heterocycles. The van der Waals surface area contributed by atoms with Crippen molar-refractivity contribution in [3.63, 3.8) is 0 Å². The summed E-state index contributed by atoms with van der Waals surface area (Å²) in [6.07, 6.45) is 6.92. The van der Waals surface area contributed by atoms with E-state index in [0.29, 0.717) is 23.9 Å². The summed E-state index contributed by atoms with van der Waals surface area (Å²) in [5, 5.41) is 4.85. The topological polar surface area (TPSA) is 41.9 Å². The molecular weight excluding hydrogens is 312 g/mol. The molecule has 0 spiro atoms. The van der Waals surface area contributed by atoms with Gasteiger partial charge in [0.25, 0.3) is 0 Å². The molecule has 1 fully saturated rings. The smallest absolute Gasteiger partial charge is 0.226 e. The van der Waals surface area contributed by atoms with Gasteiger partial charge in [-0.15, -0.1) is 0 Å². The van der Waals surface area contributed by atoms with Crippen molar-refractivity contribution in [2.75, 3.05) is 7.05 Å². The summed E-state index contributed by atoms with van der Waals surface area (Å²) in [5.74, 6) is 0.162. The Hall–Kier alpha value is -1.55. The summed E-state index contributed by atoms with van der Waals surface area (Å²) in [6, 6.07) is 7.95. The molecule has 0 saturated heterocycles. The lowest BCUT2D eigenvalue weighted by Gasteiger charge is -2.31. The molecule has 3 rings (SSSR count). The molecule has 1 unspecified atom stereocenters. The molecule has 5 heteroatoms. The van der Waals surface area contributed by atoms with Crippen molar-refractivity contribution < 1.29 is 9.63 Å². The minimum absolute atomic E-state index is 0.154. The molecule has 1 saturated carbocycles. The fourth-order valence-electron chi connectivity index (χ4n) is 3.36. The van der Waals surface area contributed by atoms with E-state index in [1.807, 2.05) is 36.2 Å². The summed E-state index contributed by atoms with van der Waals surface area (Å²) >= 11 is 5.90. The van der Waals surface area contributed by atoms with Crippen LogP contribution in [0.4, 0.5) is 0 Å². The summed E-state index contributed by atoms with van der Waals surface area (Å²) in [7, 11) is 1.92. The number of carbonyl (C=O) groups is 1. The SMILES string of the molecule is CN(C(=O)CC1CC(c2ccc(Cl)cc2)=NO1)C1CCCCC1. The van der Waals surface area contributed by atoms with Crippen molar-refractivity contribution in [1.82, 2.24) is 4.90 Å². The number of rotatable bonds is 4. The first kappa shape index (κ1) is 16.3. The number of nitrogens with zero attached hydrogens (tertiary/aromatic N) is 2. The molecule has 0 radical (unpaired) electrons. The van der Waals surface area contributed by atoms with E-state index in [2.05, 4.69) is 5.16 Å². The quantitative estimate of drug-likeness (QED) is 0.834. The molecule has 0 bridgehead atoms. The van der Waals surface area contributed by atoms with Gasteiger partial charge in [-0.1, -0.05) is 48.2 Å². The molecule has 23 heavy (non-hydrogen) atoms. The van der Waals surface area contributed by atoms with E-state index in [9.17, 15) is 4.79 Å². The van der Waals surface area contributed by atoms with Crippen molar-refractivity contribution >= 4 is 23.2 Å². The van der Waals surface area contributed by atoms with Crippen LogP contribution in [0.5, 0.6) is 0 Å². The van der Waals surface area contributed by atoms with Crippen LogP contribution in [0.15, 0.2) is 29.4 Å². The molecular formula is C18H23ClN2O2. The maximum Gasteiger partial charge on any atom is 0.226 e. The molecule has 1 aromatic carbocycles. The second-order valence-corrected chi connectivity index (χ2v) is 6.91. The van der Waals surface area contributed by atoms with Gasteiger partial charge in [-0.3, -0.25) is 4.79 Å². The number of carbonyl (C=O) groups excluding carboxylic acids is 1. The number of amides is 1. The Bertz CT molecular complexity index is 579. The van der Waals surface area contributed by atoms with E-state index >= 15 is 0 Å². The molecule has 1 aliphatic carbocycles. The average Bonchev–Trinajstić information content (AvgIpc) is 3.04. The summed E-state index contributed by atoms with van der Waals surface area (Å²) < 4.78 is 0. The van der Waals surface area contributed by atoms with Crippen LogP contribution < -0.4 is 0 Å². The highest BCUT2D eigenvalue weighted by atomic mass is 35.5. The summed E-state index contributed by atoms with van der Waals surface area (Å²) in [5.41, 5.74) is 1.89. The third-order valence-corrected chi connectivity index (χ3v) is 5.08. The molecule has 1 aliphatic heterocycles. The highest BCUT2D eigenvalue weighted by molar-refractivity contribution is 6.30. The zero-order valence-electron chi connectivity index (χ0n) is 13.5. The van der Waals surface area contributed by atoms with Crippen LogP contribution in [0.25, 0.3) is 0 Å². The van der Waals surface area contributed by atoms with E-state index in [0.717, 1.165) is 24.1 Å². The number of benzene rings is 1. The van der Waals surface area contributed by atoms with E-state index < -0.39 is 0 Å². The molecule has 1 atom stereocenters. The minimum atomic E-state index is -0.154. The first-order valence-electron chi connectivity index (χ1n) is 8.38. The Morgan fingerprint density at radius 1 is 1.26 bits per heavy atom. The van der Waals surface area contributed by atoms with Crippen LogP contribution >= 0.6 is 11.6 Å². The highest BCUT2D eigenvalue weighted by Crippen LogP contribution is 2.24. The Kier molecular flexibility index (Phi) is 5.21. The van der Waals surface area contributed by atoms with Gasteiger partial charge in [-0.2, -0.15) is 0 Å². The second kappa shape index (κ2) is 7.35. The lowest BCUT2D eigenvalue weighted by atomic mass is 9.94. The molecule has 4 nitrogen and oxygen atoms in total. The van der Waals surface area contributed by atoms with Crippen LogP contribution in [-0.4, -0.2) is 35.7 Å². The van der Waals surface area contributed by atoms with Gasteiger partial charge in [-0.05, 0) is 30.5 Å². The van der Waals surface area contributed by atoms with E-state index in [1.54, 1.807) is 0 Å². The molecule has 124 valence electrons. The number of hydrogen-bond donors (Lipinski definition) is 0. The zero-order valence-corrected chi connectivity index (χ0v) is 14.3. The molecule has 1 amide bonds. The lowest BCUT2D eigenvalue weighted by molar-refractivity contribution is -0.135. The molecule has 2 aliphatic rings. The maximum atomic E-state index is 12.5. The minimum Gasteiger partial charge on any atom is -0.391 e. The fourth-order valence-corrected chi connectivity index (χ4v) is 3.49. The third kappa shape index (κ3) is 4.05. The molecule has 0 aromatic heterocycles. The largest absolute Gasteiger partial charge is 0.391 e. The highest BCUT2D eigenvalue weighted by Gasteiger charge is 2.28. The van der Waals surface area contributed by atoms with Gasteiger partial charge in [0.1, 0.15) is 6.10 Å². The first-order valence-corrected chi connectivity index (χ1v) is 8.75. The van der Waals surface area contributed by atoms with Gasteiger partial charge in [0.05, 0.1) is 12.1 Å². The monoisotopic (exact) mass is 334 g/mol. The molecule has 0 N–H and O–H groups in total.